The maximum absolute atomic E-state index is 11.2. The van der Waals surface area contributed by atoms with Crippen LogP contribution in [0.1, 0.15) is 103 Å². The smallest absolute Gasteiger partial charge is 0.305 e. The van der Waals surface area contributed by atoms with Crippen LogP contribution in [0.4, 0.5) is 0 Å². The maximum atomic E-state index is 11.2. The first-order chi connectivity index (χ1) is 12.2. The van der Waals surface area contributed by atoms with Crippen molar-refractivity contribution in [3.8, 4) is 0 Å². The lowest BCUT2D eigenvalue weighted by atomic mass is 10.1. The molecule has 0 aromatic rings. The third-order valence-electron chi connectivity index (χ3n) is 4.24. The van der Waals surface area contributed by atoms with Crippen LogP contribution >= 0.6 is 0 Å². The highest BCUT2D eigenvalue weighted by Crippen LogP contribution is 2.10. The number of allylic oxidation sites excluding steroid dienone is 2. The molecule has 0 unspecified atom stereocenters. The van der Waals surface area contributed by atoms with Crippen molar-refractivity contribution in [2.45, 2.75) is 103 Å². The quantitative estimate of drug-likeness (QED) is 0.185. The van der Waals surface area contributed by atoms with E-state index in [1.165, 1.54) is 44.9 Å². The van der Waals surface area contributed by atoms with Crippen molar-refractivity contribution in [2.75, 3.05) is 6.61 Å². The number of unbranched alkanes of at least 4 members (excludes halogenated alkanes) is 11. The molecule has 0 aromatic heterocycles. The van der Waals surface area contributed by atoms with Crippen LogP contribution in [0, 0.1) is 0 Å². The number of ether oxygens (including phenoxy) is 1. The Morgan fingerprint density at radius 2 is 1.16 bits per heavy atom. The molecule has 0 radical (unpaired) electrons. The highest BCUT2D eigenvalue weighted by Gasteiger charge is 2.00. The Balaban J connectivity index is 3.15. The maximum Gasteiger partial charge on any atom is 0.305 e. The molecule has 0 rings (SSSR count). The molecule has 0 amide bonds. The molecule has 0 saturated heterocycles. The van der Waals surface area contributed by atoms with Crippen LogP contribution in [0.5, 0.6) is 0 Å². The average Bonchev–Trinajstić information content (AvgIpc) is 2.57. The second-order valence-electron chi connectivity index (χ2n) is 6.64. The summed E-state index contributed by atoms with van der Waals surface area (Å²) in [6.07, 6.45) is 20.3. The minimum Gasteiger partial charge on any atom is -0.481 e. The summed E-state index contributed by atoms with van der Waals surface area (Å²) in [5, 5.41) is 8.54. The summed E-state index contributed by atoms with van der Waals surface area (Å²) in [4.78, 5) is 21.5. The third kappa shape index (κ3) is 20.6. The fourth-order valence-electron chi connectivity index (χ4n) is 2.78. The van der Waals surface area contributed by atoms with Gasteiger partial charge in [0.25, 0.3) is 0 Å². The molecule has 0 aliphatic rings. The standard InChI is InChI=1S/C21H38O4/c1-2-25-21(24)19-17-15-13-11-9-7-5-3-4-6-8-10-12-14-16-18-20(22)23/h3-4H,2,5-19H2,1H3,(H,22,23)/b4-3-. The van der Waals surface area contributed by atoms with E-state index in [0.717, 1.165) is 38.5 Å². The van der Waals surface area contributed by atoms with E-state index in [0.29, 0.717) is 19.4 Å². The van der Waals surface area contributed by atoms with Crippen LogP contribution in [0.25, 0.3) is 0 Å². The van der Waals surface area contributed by atoms with Crippen molar-refractivity contribution in [1.82, 2.24) is 0 Å². The molecule has 4 heteroatoms. The van der Waals surface area contributed by atoms with Gasteiger partial charge in [-0.25, -0.2) is 0 Å². The van der Waals surface area contributed by atoms with Gasteiger partial charge in [0, 0.05) is 12.8 Å². The minimum atomic E-state index is -0.681. The van der Waals surface area contributed by atoms with E-state index in [9.17, 15) is 9.59 Å². The molecule has 0 saturated carbocycles. The molecule has 0 fully saturated rings. The first-order valence-electron chi connectivity index (χ1n) is 10.2. The summed E-state index contributed by atoms with van der Waals surface area (Å²) in [6, 6.07) is 0. The van der Waals surface area contributed by atoms with E-state index >= 15 is 0 Å². The fraction of sp³-hybridized carbons (Fsp3) is 0.810. The van der Waals surface area contributed by atoms with Gasteiger partial charge in [0.05, 0.1) is 6.61 Å². The first-order valence-corrected chi connectivity index (χ1v) is 10.2. The zero-order valence-electron chi connectivity index (χ0n) is 16.1. The normalized spacial score (nSPS) is 11.1. The Morgan fingerprint density at radius 1 is 0.720 bits per heavy atom. The van der Waals surface area contributed by atoms with Crippen molar-refractivity contribution < 1.29 is 19.4 Å². The van der Waals surface area contributed by atoms with E-state index in [2.05, 4.69) is 12.2 Å². The number of hydrogen-bond donors (Lipinski definition) is 1. The highest BCUT2D eigenvalue weighted by molar-refractivity contribution is 5.69. The minimum absolute atomic E-state index is 0.0621. The van der Waals surface area contributed by atoms with Crippen molar-refractivity contribution in [2.24, 2.45) is 0 Å². The molecule has 1 N–H and O–H groups in total. The van der Waals surface area contributed by atoms with Gasteiger partial charge in [-0.15, -0.1) is 0 Å². The zero-order valence-corrected chi connectivity index (χ0v) is 16.1. The summed E-state index contributed by atoms with van der Waals surface area (Å²) in [6.45, 7) is 2.33. The first kappa shape index (κ1) is 23.7. The Labute approximate surface area is 154 Å². The van der Waals surface area contributed by atoms with Crippen LogP contribution in [-0.2, 0) is 14.3 Å². The number of rotatable bonds is 18. The van der Waals surface area contributed by atoms with Gasteiger partial charge in [0.1, 0.15) is 0 Å². The lowest BCUT2D eigenvalue weighted by Crippen LogP contribution is -2.03. The average molecular weight is 355 g/mol. The Bertz CT molecular complexity index is 350. The van der Waals surface area contributed by atoms with Gasteiger partial charge in [-0.2, -0.15) is 0 Å². The number of carbonyl (C=O) groups excluding carboxylic acids is 1. The molecule has 0 aliphatic carbocycles. The van der Waals surface area contributed by atoms with Gasteiger partial charge in [-0.1, -0.05) is 57.1 Å². The fourth-order valence-corrected chi connectivity index (χ4v) is 2.78. The number of esters is 1. The zero-order chi connectivity index (χ0) is 18.6. The third-order valence-corrected chi connectivity index (χ3v) is 4.24. The van der Waals surface area contributed by atoms with Gasteiger partial charge in [-0.3, -0.25) is 9.59 Å². The predicted molar refractivity (Wildman–Crippen MR) is 103 cm³/mol. The molecule has 4 nitrogen and oxygen atoms in total. The van der Waals surface area contributed by atoms with Crippen LogP contribution in [0.15, 0.2) is 12.2 Å². The number of carboxylic acids is 1. The molecule has 0 atom stereocenters. The Hall–Kier alpha value is -1.32. The van der Waals surface area contributed by atoms with E-state index in [1.54, 1.807) is 0 Å². The summed E-state index contributed by atoms with van der Waals surface area (Å²) < 4.78 is 4.91. The van der Waals surface area contributed by atoms with Crippen LogP contribution in [-0.4, -0.2) is 23.7 Å². The molecular formula is C21H38O4. The monoisotopic (exact) mass is 354 g/mol. The molecule has 25 heavy (non-hydrogen) atoms. The van der Waals surface area contributed by atoms with Gasteiger partial charge >= 0.3 is 11.9 Å². The Kier molecular flexibility index (Phi) is 18.0. The van der Waals surface area contributed by atoms with Gasteiger partial charge in [-0.05, 0) is 45.4 Å². The van der Waals surface area contributed by atoms with Gasteiger partial charge < -0.3 is 9.84 Å². The molecule has 0 heterocycles. The number of aliphatic carboxylic acids is 1. The summed E-state index contributed by atoms with van der Waals surface area (Å²) >= 11 is 0. The number of carboxylic acid groups (broad SMARTS) is 1. The summed E-state index contributed by atoms with van der Waals surface area (Å²) in [5.41, 5.74) is 0. The number of carbonyl (C=O) groups is 2. The van der Waals surface area contributed by atoms with Crippen molar-refractivity contribution >= 4 is 11.9 Å². The highest BCUT2D eigenvalue weighted by atomic mass is 16.5. The van der Waals surface area contributed by atoms with Crippen molar-refractivity contribution in [3.05, 3.63) is 12.2 Å². The molecule has 0 aromatic carbocycles. The van der Waals surface area contributed by atoms with E-state index in [1.807, 2.05) is 6.92 Å². The van der Waals surface area contributed by atoms with E-state index < -0.39 is 5.97 Å². The second-order valence-corrected chi connectivity index (χ2v) is 6.64. The lowest BCUT2D eigenvalue weighted by Gasteiger charge is -2.02. The summed E-state index contributed by atoms with van der Waals surface area (Å²) in [7, 11) is 0. The number of hydrogen-bond acceptors (Lipinski definition) is 3. The molecule has 0 spiro atoms. The lowest BCUT2D eigenvalue weighted by molar-refractivity contribution is -0.143. The van der Waals surface area contributed by atoms with Crippen LogP contribution < -0.4 is 0 Å². The van der Waals surface area contributed by atoms with Gasteiger partial charge in [0.2, 0.25) is 0 Å². The van der Waals surface area contributed by atoms with E-state index in [-0.39, 0.29) is 5.97 Å². The topological polar surface area (TPSA) is 63.6 Å². The van der Waals surface area contributed by atoms with Crippen LogP contribution in [0.3, 0.4) is 0 Å². The predicted octanol–water partition coefficient (Wildman–Crippen LogP) is 6.04. The van der Waals surface area contributed by atoms with E-state index in [4.69, 9.17) is 9.84 Å². The van der Waals surface area contributed by atoms with Crippen LogP contribution in [0.2, 0.25) is 0 Å². The summed E-state index contributed by atoms with van der Waals surface area (Å²) in [5.74, 6) is -0.743. The SMILES string of the molecule is CCOC(=O)CCCCCCCC/C=C\CCCCCCCC(=O)O. The second kappa shape index (κ2) is 19.0. The molecule has 0 aliphatic heterocycles. The molecular weight excluding hydrogens is 316 g/mol. The molecule has 0 bridgehead atoms. The largest absolute Gasteiger partial charge is 0.481 e. The van der Waals surface area contributed by atoms with Gasteiger partial charge in [0.15, 0.2) is 0 Å². The Morgan fingerprint density at radius 3 is 1.64 bits per heavy atom. The molecule has 146 valence electrons. The van der Waals surface area contributed by atoms with Crippen molar-refractivity contribution in [1.29, 1.82) is 0 Å². The van der Waals surface area contributed by atoms with Crippen molar-refractivity contribution in [3.63, 3.8) is 0 Å².